The fourth-order valence-electron chi connectivity index (χ4n) is 2.71. The van der Waals surface area contributed by atoms with Crippen LogP contribution in [0.5, 0.6) is 17.4 Å². The molecule has 0 radical (unpaired) electrons. The van der Waals surface area contributed by atoms with Gasteiger partial charge in [-0.1, -0.05) is 0 Å². The minimum absolute atomic E-state index is 0.0758. The molecular formula is C18H22N4O3. The van der Waals surface area contributed by atoms with Crippen LogP contribution in [0.1, 0.15) is 18.7 Å². The number of aromatic nitrogens is 2. The molecule has 1 aromatic carbocycles. The molecule has 1 fully saturated rings. The first-order valence-corrected chi connectivity index (χ1v) is 8.21. The van der Waals surface area contributed by atoms with Crippen LogP contribution in [0.15, 0.2) is 30.3 Å². The molecule has 1 saturated heterocycles. The Hall–Kier alpha value is -2.83. The smallest absolute Gasteiger partial charge is 0.224 e. The number of benzene rings is 1. The third-order valence-electron chi connectivity index (χ3n) is 4.11. The van der Waals surface area contributed by atoms with E-state index in [2.05, 4.69) is 15.3 Å². The molecule has 1 aliphatic heterocycles. The van der Waals surface area contributed by atoms with Gasteiger partial charge in [-0.05, 0) is 37.6 Å². The summed E-state index contributed by atoms with van der Waals surface area (Å²) in [6.45, 7) is 2.56. The highest BCUT2D eigenvalue weighted by Gasteiger charge is 2.23. The third kappa shape index (κ3) is 4.37. The Morgan fingerprint density at radius 3 is 2.60 bits per heavy atom. The monoisotopic (exact) mass is 342 g/mol. The number of amides is 1. The maximum Gasteiger partial charge on any atom is 0.224 e. The minimum atomic E-state index is 0.0758. The number of piperidine rings is 1. The van der Waals surface area contributed by atoms with Crippen molar-refractivity contribution in [1.29, 1.82) is 0 Å². The van der Waals surface area contributed by atoms with Gasteiger partial charge in [0.1, 0.15) is 23.1 Å². The molecule has 0 spiro atoms. The van der Waals surface area contributed by atoms with Crippen LogP contribution in [0, 0.1) is 6.92 Å². The van der Waals surface area contributed by atoms with Crippen molar-refractivity contribution in [3.05, 3.63) is 36.2 Å². The van der Waals surface area contributed by atoms with Crippen LogP contribution in [-0.4, -0.2) is 47.5 Å². The number of hydrogen-bond acceptors (Lipinski definition) is 6. The lowest BCUT2D eigenvalue weighted by Crippen LogP contribution is -2.41. The van der Waals surface area contributed by atoms with Crippen LogP contribution >= 0.6 is 0 Å². The number of rotatable bonds is 5. The van der Waals surface area contributed by atoms with Crippen molar-refractivity contribution in [3.8, 4) is 17.4 Å². The summed E-state index contributed by atoms with van der Waals surface area (Å²) < 4.78 is 10.9. The number of ether oxygens (including phenoxy) is 2. The van der Waals surface area contributed by atoms with E-state index in [1.54, 1.807) is 18.1 Å². The van der Waals surface area contributed by atoms with Crippen molar-refractivity contribution in [2.75, 3.05) is 26.0 Å². The molecule has 7 nitrogen and oxygen atoms in total. The summed E-state index contributed by atoms with van der Waals surface area (Å²) in [5.41, 5.74) is 0. The zero-order chi connectivity index (χ0) is 17.8. The van der Waals surface area contributed by atoms with Gasteiger partial charge in [-0.3, -0.25) is 4.79 Å². The van der Waals surface area contributed by atoms with Gasteiger partial charge in [-0.15, -0.1) is 0 Å². The van der Waals surface area contributed by atoms with E-state index < -0.39 is 0 Å². The molecule has 1 unspecified atom stereocenters. The summed E-state index contributed by atoms with van der Waals surface area (Å²) in [6, 6.07) is 9.11. The third-order valence-corrected chi connectivity index (χ3v) is 4.11. The van der Waals surface area contributed by atoms with Crippen LogP contribution in [0.25, 0.3) is 0 Å². The maximum absolute atomic E-state index is 11.8. The Labute approximate surface area is 147 Å². The molecule has 1 aliphatic rings. The number of anilines is 1. The lowest BCUT2D eigenvalue weighted by Gasteiger charge is -2.29. The summed E-state index contributed by atoms with van der Waals surface area (Å²) in [5, 5.41) is 3.32. The standard InChI is InChI=1S/C18H22N4O3/c1-12-19-16(21-13-8-9-22(2)18(23)10-13)11-17(20-12)25-15-6-4-14(24-3)5-7-15/h4-7,11,13H,8-10H2,1-3H3,(H,19,20,21). The Morgan fingerprint density at radius 1 is 1.20 bits per heavy atom. The average Bonchev–Trinajstić information content (AvgIpc) is 2.58. The lowest BCUT2D eigenvalue weighted by molar-refractivity contribution is -0.132. The Bertz CT molecular complexity index is 748. The van der Waals surface area contributed by atoms with Crippen LogP contribution in [-0.2, 0) is 4.79 Å². The first kappa shape index (κ1) is 17.0. The quantitative estimate of drug-likeness (QED) is 0.900. The molecule has 1 aromatic heterocycles. The number of nitrogens with one attached hydrogen (secondary N) is 1. The molecule has 1 N–H and O–H groups in total. The number of aryl methyl sites for hydroxylation is 1. The molecule has 7 heteroatoms. The van der Waals surface area contributed by atoms with Gasteiger partial charge in [0.25, 0.3) is 0 Å². The predicted octanol–water partition coefficient (Wildman–Crippen LogP) is 2.62. The van der Waals surface area contributed by atoms with Gasteiger partial charge >= 0.3 is 0 Å². The average molecular weight is 342 g/mol. The van der Waals surface area contributed by atoms with Gasteiger partial charge in [0.05, 0.1) is 7.11 Å². The summed E-state index contributed by atoms with van der Waals surface area (Å²) in [4.78, 5) is 22.3. The van der Waals surface area contributed by atoms with E-state index in [9.17, 15) is 4.79 Å². The highest BCUT2D eigenvalue weighted by atomic mass is 16.5. The van der Waals surface area contributed by atoms with E-state index in [1.807, 2.05) is 38.2 Å². The van der Waals surface area contributed by atoms with E-state index in [0.717, 1.165) is 18.7 Å². The van der Waals surface area contributed by atoms with E-state index in [1.165, 1.54) is 0 Å². The topological polar surface area (TPSA) is 76.6 Å². The zero-order valence-corrected chi connectivity index (χ0v) is 14.7. The van der Waals surface area contributed by atoms with Gasteiger partial charge in [-0.2, -0.15) is 4.98 Å². The van der Waals surface area contributed by atoms with E-state index in [-0.39, 0.29) is 11.9 Å². The molecule has 0 saturated carbocycles. The number of hydrogen-bond donors (Lipinski definition) is 1. The minimum Gasteiger partial charge on any atom is -0.497 e. The molecule has 2 heterocycles. The first-order chi connectivity index (χ1) is 12.0. The highest BCUT2D eigenvalue weighted by molar-refractivity contribution is 5.77. The Morgan fingerprint density at radius 2 is 1.92 bits per heavy atom. The molecular weight excluding hydrogens is 320 g/mol. The Balaban J connectivity index is 1.70. The summed E-state index contributed by atoms with van der Waals surface area (Å²) in [5.74, 6) is 3.30. The molecule has 3 rings (SSSR count). The fourth-order valence-corrected chi connectivity index (χ4v) is 2.71. The second-order valence-corrected chi connectivity index (χ2v) is 6.07. The predicted molar refractivity (Wildman–Crippen MR) is 94.1 cm³/mol. The van der Waals surface area contributed by atoms with Crippen molar-refractivity contribution < 1.29 is 14.3 Å². The van der Waals surface area contributed by atoms with Crippen molar-refractivity contribution in [2.45, 2.75) is 25.8 Å². The fraction of sp³-hybridized carbons (Fsp3) is 0.389. The van der Waals surface area contributed by atoms with Gasteiger partial charge in [0.15, 0.2) is 0 Å². The highest BCUT2D eigenvalue weighted by Crippen LogP contribution is 2.25. The molecule has 25 heavy (non-hydrogen) atoms. The van der Waals surface area contributed by atoms with Crippen molar-refractivity contribution >= 4 is 11.7 Å². The number of methoxy groups -OCH3 is 1. The first-order valence-electron chi connectivity index (χ1n) is 8.21. The van der Waals surface area contributed by atoms with Crippen molar-refractivity contribution in [1.82, 2.24) is 14.9 Å². The maximum atomic E-state index is 11.8. The summed E-state index contributed by atoms with van der Waals surface area (Å²) >= 11 is 0. The number of nitrogens with zero attached hydrogens (tertiary/aromatic N) is 3. The van der Waals surface area contributed by atoms with E-state index >= 15 is 0 Å². The van der Waals surface area contributed by atoms with Crippen LogP contribution in [0.2, 0.25) is 0 Å². The normalized spacial score (nSPS) is 17.3. The van der Waals surface area contributed by atoms with E-state index in [0.29, 0.717) is 29.7 Å². The SMILES string of the molecule is COc1ccc(Oc2cc(NC3CCN(C)C(=O)C3)nc(C)n2)cc1. The summed E-state index contributed by atoms with van der Waals surface area (Å²) in [6.07, 6.45) is 1.36. The second kappa shape index (κ2) is 7.38. The second-order valence-electron chi connectivity index (χ2n) is 6.07. The molecule has 2 aromatic rings. The molecule has 1 atom stereocenters. The van der Waals surface area contributed by atoms with E-state index in [4.69, 9.17) is 9.47 Å². The number of likely N-dealkylation sites (tertiary alicyclic amines) is 1. The van der Waals surface area contributed by atoms with Crippen LogP contribution in [0.4, 0.5) is 5.82 Å². The number of carbonyl (C=O) groups excluding carboxylic acids is 1. The molecule has 1 amide bonds. The van der Waals surface area contributed by atoms with Crippen LogP contribution in [0.3, 0.4) is 0 Å². The molecule has 0 aliphatic carbocycles. The van der Waals surface area contributed by atoms with Gasteiger partial charge in [0.2, 0.25) is 11.8 Å². The van der Waals surface area contributed by atoms with Gasteiger partial charge < -0.3 is 19.7 Å². The van der Waals surface area contributed by atoms with Gasteiger partial charge in [0, 0.05) is 32.1 Å². The number of carbonyl (C=O) groups is 1. The lowest BCUT2D eigenvalue weighted by atomic mass is 10.1. The Kier molecular flexibility index (Phi) is 5.02. The van der Waals surface area contributed by atoms with Crippen molar-refractivity contribution in [3.63, 3.8) is 0 Å². The van der Waals surface area contributed by atoms with Crippen molar-refractivity contribution in [2.24, 2.45) is 0 Å². The van der Waals surface area contributed by atoms with Crippen LogP contribution < -0.4 is 14.8 Å². The largest absolute Gasteiger partial charge is 0.497 e. The molecule has 0 bridgehead atoms. The van der Waals surface area contributed by atoms with Gasteiger partial charge in [-0.25, -0.2) is 4.98 Å². The zero-order valence-electron chi connectivity index (χ0n) is 14.7. The molecule has 132 valence electrons. The summed E-state index contributed by atoms with van der Waals surface area (Å²) in [7, 11) is 3.45.